The molecule has 0 aromatic heterocycles. The minimum absolute atomic E-state index is 0.725. The Hall–Kier alpha value is -1.25. The minimum atomic E-state index is -0.725. The Balaban J connectivity index is 3.53. The molecule has 56 valence electrons. The fraction of sp³-hybridized carbons (Fsp3) is 0.286. The maximum absolute atomic E-state index is 10.3. The third-order valence-electron chi connectivity index (χ3n) is 0.683. The lowest BCUT2D eigenvalue weighted by molar-refractivity contribution is 0.106. The molecular formula is C7H10O3. The molecule has 0 amide bonds. The first-order valence-electron chi connectivity index (χ1n) is 2.73. The lowest BCUT2D eigenvalue weighted by atomic mass is 10.4. The van der Waals surface area contributed by atoms with E-state index in [9.17, 15) is 4.79 Å². The maximum atomic E-state index is 10.3. The normalized spacial score (nSPS) is 9.40. The molecule has 0 atom stereocenters. The predicted octanol–water partition coefficient (Wildman–Crippen LogP) is 1.86. The van der Waals surface area contributed by atoms with Gasteiger partial charge in [0.2, 0.25) is 0 Å². The van der Waals surface area contributed by atoms with Gasteiger partial charge in [0.15, 0.2) is 0 Å². The number of rotatable bonds is 2. The summed E-state index contributed by atoms with van der Waals surface area (Å²) < 4.78 is 8.59. The van der Waals surface area contributed by atoms with Crippen LogP contribution in [-0.4, -0.2) is 13.3 Å². The van der Waals surface area contributed by atoms with Crippen molar-refractivity contribution in [3.63, 3.8) is 0 Å². The van der Waals surface area contributed by atoms with Crippen LogP contribution in [0.3, 0.4) is 0 Å². The summed E-state index contributed by atoms with van der Waals surface area (Å²) in [5.74, 6) is 0. The summed E-state index contributed by atoms with van der Waals surface area (Å²) in [6, 6.07) is 0. The maximum Gasteiger partial charge on any atom is 0.512 e. The highest BCUT2D eigenvalue weighted by Gasteiger charge is 1.93. The Labute approximate surface area is 59.9 Å². The van der Waals surface area contributed by atoms with E-state index in [2.05, 4.69) is 16.1 Å². The van der Waals surface area contributed by atoms with Gasteiger partial charge < -0.3 is 9.47 Å². The molecular weight excluding hydrogens is 132 g/mol. The summed E-state index contributed by atoms with van der Waals surface area (Å²) in [4.78, 5) is 10.3. The SMILES string of the molecule is C=C(C)/C=C/OC(=O)OC. The van der Waals surface area contributed by atoms with Gasteiger partial charge in [-0.3, -0.25) is 0 Å². The molecule has 0 aromatic rings. The van der Waals surface area contributed by atoms with E-state index >= 15 is 0 Å². The van der Waals surface area contributed by atoms with Crippen LogP contribution in [0.25, 0.3) is 0 Å². The summed E-state index contributed by atoms with van der Waals surface area (Å²) >= 11 is 0. The van der Waals surface area contributed by atoms with E-state index in [1.807, 2.05) is 0 Å². The Morgan fingerprint density at radius 2 is 2.20 bits per heavy atom. The predicted molar refractivity (Wildman–Crippen MR) is 37.4 cm³/mol. The molecule has 0 rings (SSSR count). The molecule has 3 heteroatoms. The fourth-order valence-corrected chi connectivity index (χ4v) is 0.254. The van der Waals surface area contributed by atoms with Crippen LogP contribution < -0.4 is 0 Å². The average molecular weight is 142 g/mol. The smallest absolute Gasteiger partial charge is 0.437 e. The van der Waals surface area contributed by atoms with Crippen LogP contribution in [0.4, 0.5) is 4.79 Å². The number of carbonyl (C=O) groups is 1. The Kier molecular flexibility index (Phi) is 4.04. The van der Waals surface area contributed by atoms with Gasteiger partial charge in [-0.15, -0.1) is 0 Å². The molecule has 0 saturated heterocycles. The van der Waals surface area contributed by atoms with Crippen molar-refractivity contribution in [3.05, 3.63) is 24.5 Å². The monoisotopic (exact) mass is 142 g/mol. The van der Waals surface area contributed by atoms with Crippen LogP contribution in [0.1, 0.15) is 6.92 Å². The zero-order valence-corrected chi connectivity index (χ0v) is 6.09. The van der Waals surface area contributed by atoms with E-state index in [0.717, 1.165) is 5.57 Å². The largest absolute Gasteiger partial charge is 0.512 e. The van der Waals surface area contributed by atoms with Crippen LogP contribution >= 0.6 is 0 Å². The van der Waals surface area contributed by atoms with Gasteiger partial charge >= 0.3 is 6.16 Å². The van der Waals surface area contributed by atoms with Crippen LogP contribution in [-0.2, 0) is 9.47 Å². The molecule has 0 unspecified atom stereocenters. The molecule has 0 N–H and O–H groups in total. The molecule has 0 radical (unpaired) electrons. The van der Waals surface area contributed by atoms with Crippen molar-refractivity contribution in [2.75, 3.05) is 7.11 Å². The Morgan fingerprint density at radius 3 is 2.60 bits per heavy atom. The molecule has 0 heterocycles. The van der Waals surface area contributed by atoms with E-state index in [0.29, 0.717) is 0 Å². The standard InChI is InChI=1S/C7H10O3/c1-6(2)4-5-10-7(8)9-3/h4-5H,1H2,2-3H3/b5-4+. The number of ether oxygens (including phenoxy) is 2. The summed E-state index contributed by atoms with van der Waals surface area (Å²) in [6.45, 7) is 5.35. The van der Waals surface area contributed by atoms with E-state index in [1.165, 1.54) is 13.4 Å². The zero-order chi connectivity index (χ0) is 7.98. The van der Waals surface area contributed by atoms with Gasteiger partial charge in [-0.1, -0.05) is 12.2 Å². The quantitative estimate of drug-likeness (QED) is 0.335. The Bertz CT molecular complexity index is 158. The Morgan fingerprint density at radius 1 is 1.60 bits per heavy atom. The summed E-state index contributed by atoms with van der Waals surface area (Å²) in [6.07, 6.45) is 2.07. The number of methoxy groups -OCH3 is 1. The molecule has 0 aliphatic carbocycles. The average Bonchev–Trinajstić information content (AvgIpc) is 1.87. The molecule has 0 aliphatic heterocycles. The van der Waals surface area contributed by atoms with Gasteiger partial charge in [0.25, 0.3) is 0 Å². The van der Waals surface area contributed by atoms with Crippen molar-refractivity contribution in [3.8, 4) is 0 Å². The molecule has 0 bridgehead atoms. The molecule has 0 saturated carbocycles. The van der Waals surface area contributed by atoms with Gasteiger partial charge in [-0.05, 0) is 13.0 Å². The van der Waals surface area contributed by atoms with Gasteiger partial charge in [0.1, 0.15) is 0 Å². The van der Waals surface area contributed by atoms with Crippen LogP contribution in [0.5, 0.6) is 0 Å². The number of carbonyl (C=O) groups excluding carboxylic acids is 1. The van der Waals surface area contributed by atoms with Crippen molar-refractivity contribution in [2.45, 2.75) is 6.92 Å². The van der Waals surface area contributed by atoms with Crippen molar-refractivity contribution in [1.82, 2.24) is 0 Å². The second-order valence-electron chi connectivity index (χ2n) is 1.72. The molecule has 0 aliphatic rings. The van der Waals surface area contributed by atoms with Crippen molar-refractivity contribution >= 4 is 6.16 Å². The minimum Gasteiger partial charge on any atom is -0.437 e. The van der Waals surface area contributed by atoms with Gasteiger partial charge in [-0.2, -0.15) is 0 Å². The molecule has 0 aromatic carbocycles. The van der Waals surface area contributed by atoms with Crippen molar-refractivity contribution < 1.29 is 14.3 Å². The third kappa shape index (κ3) is 4.90. The summed E-state index contributed by atoms with van der Waals surface area (Å²) in [5, 5.41) is 0. The molecule has 10 heavy (non-hydrogen) atoms. The van der Waals surface area contributed by atoms with Gasteiger partial charge in [0.05, 0.1) is 13.4 Å². The topological polar surface area (TPSA) is 35.5 Å². The second kappa shape index (κ2) is 4.61. The number of hydrogen-bond acceptors (Lipinski definition) is 3. The lowest BCUT2D eigenvalue weighted by Gasteiger charge is -1.93. The van der Waals surface area contributed by atoms with E-state index in [1.54, 1.807) is 13.0 Å². The molecule has 0 fully saturated rings. The number of allylic oxidation sites excluding steroid dienone is 2. The highest BCUT2D eigenvalue weighted by Crippen LogP contribution is 1.90. The van der Waals surface area contributed by atoms with Crippen LogP contribution in [0.15, 0.2) is 24.5 Å². The van der Waals surface area contributed by atoms with E-state index in [4.69, 9.17) is 0 Å². The highest BCUT2D eigenvalue weighted by atomic mass is 16.7. The van der Waals surface area contributed by atoms with Crippen LogP contribution in [0, 0.1) is 0 Å². The van der Waals surface area contributed by atoms with Crippen LogP contribution in [0.2, 0.25) is 0 Å². The molecule has 3 nitrogen and oxygen atoms in total. The third-order valence-corrected chi connectivity index (χ3v) is 0.683. The first kappa shape index (κ1) is 8.75. The van der Waals surface area contributed by atoms with Crippen molar-refractivity contribution in [2.24, 2.45) is 0 Å². The van der Waals surface area contributed by atoms with Gasteiger partial charge in [0, 0.05) is 0 Å². The fourth-order valence-electron chi connectivity index (χ4n) is 0.254. The first-order chi connectivity index (χ1) is 4.66. The lowest BCUT2D eigenvalue weighted by Crippen LogP contribution is -1.97. The van der Waals surface area contributed by atoms with Crippen molar-refractivity contribution in [1.29, 1.82) is 0 Å². The highest BCUT2D eigenvalue weighted by molar-refractivity contribution is 5.60. The molecule has 0 spiro atoms. The first-order valence-corrected chi connectivity index (χ1v) is 2.73. The summed E-state index contributed by atoms with van der Waals surface area (Å²) in [5.41, 5.74) is 0.809. The zero-order valence-electron chi connectivity index (χ0n) is 6.09. The van der Waals surface area contributed by atoms with Gasteiger partial charge in [-0.25, -0.2) is 4.79 Å². The van der Waals surface area contributed by atoms with E-state index < -0.39 is 6.16 Å². The summed E-state index contributed by atoms with van der Waals surface area (Å²) in [7, 11) is 1.25. The number of hydrogen-bond donors (Lipinski definition) is 0. The van der Waals surface area contributed by atoms with E-state index in [-0.39, 0.29) is 0 Å². The second-order valence-corrected chi connectivity index (χ2v) is 1.72.